The minimum Gasteiger partial charge on any atom is -0.457 e. The highest BCUT2D eigenvalue weighted by Crippen LogP contribution is 2.22. The van der Waals surface area contributed by atoms with Gasteiger partial charge in [-0.2, -0.15) is 0 Å². The number of piperidine rings is 1. The van der Waals surface area contributed by atoms with Crippen LogP contribution < -0.4 is 4.74 Å². The maximum absolute atomic E-state index is 12.9. The number of carbonyl (C=O) groups excluding carboxylic acids is 1. The molecule has 0 aromatic heterocycles. The number of rotatable bonds is 9. The molecule has 152 valence electrons. The van der Waals surface area contributed by atoms with Crippen LogP contribution in [-0.4, -0.2) is 30.3 Å². The lowest BCUT2D eigenvalue weighted by Gasteiger charge is -2.26. The second kappa shape index (κ2) is 11.8. The fourth-order valence-electron chi connectivity index (χ4n) is 3.47. The summed E-state index contributed by atoms with van der Waals surface area (Å²) in [7, 11) is 0. The Balaban J connectivity index is 0.00000280. The molecule has 0 amide bonds. The van der Waals surface area contributed by atoms with E-state index in [-0.39, 0.29) is 24.0 Å². The highest BCUT2D eigenvalue weighted by atomic mass is 35.5. The zero-order chi connectivity index (χ0) is 18.9. The van der Waals surface area contributed by atoms with Crippen molar-refractivity contribution in [1.82, 2.24) is 4.90 Å². The Morgan fingerprint density at radius 3 is 2.11 bits per heavy atom. The van der Waals surface area contributed by atoms with Gasteiger partial charge < -0.3 is 9.64 Å². The van der Waals surface area contributed by atoms with Crippen LogP contribution in [0.2, 0.25) is 0 Å². The number of unbranched alkanes of at least 4 members (excludes halogenated alkanes) is 2. The van der Waals surface area contributed by atoms with E-state index in [9.17, 15) is 9.18 Å². The van der Waals surface area contributed by atoms with Crippen LogP contribution in [0.1, 0.15) is 55.3 Å². The van der Waals surface area contributed by atoms with Gasteiger partial charge in [0.15, 0.2) is 5.78 Å². The first kappa shape index (κ1) is 22.4. The molecule has 1 fully saturated rings. The number of hydrogen-bond donors (Lipinski definition) is 0. The molecular formula is C23H29ClFNO2. The van der Waals surface area contributed by atoms with Gasteiger partial charge in [0.1, 0.15) is 17.3 Å². The summed E-state index contributed by atoms with van der Waals surface area (Å²) in [5.41, 5.74) is 0.720. The average molecular weight is 406 g/mol. The third kappa shape index (κ3) is 7.25. The molecule has 0 saturated carbocycles. The van der Waals surface area contributed by atoms with E-state index in [0.717, 1.165) is 18.4 Å². The summed E-state index contributed by atoms with van der Waals surface area (Å²) in [5.74, 6) is 1.10. The van der Waals surface area contributed by atoms with Gasteiger partial charge in [-0.1, -0.05) is 12.8 Å². The number of ether oxygens (including phenoxy) is 1. The second-order valence-corrected chi connectivity index (χ2v) is 7.22. The van der Waals surface area contributed by atoms with Gasteiger partial charge in [-0.25, -0.2) is 4.39 Å². The maximum atomic E-state index is 12.9. The van der Waals surface area contributed by atoms with Gasteiger partial charge in [0.2, 0.25) is 0 Å². The first-order valence-electron chi connectivity index (χ1n) is 10.00. The number of halogens is 2. The van der Waals surface area contributed by atoms with Crippen LogP contribution in [0.3, 0.4) is 0 Å². The van der Waals surface area contributed by atoms with Gasteiger partial charge in [-0.15, -0.1) is 12.4 Å². The number of ketones is 1. The van der Waals surface area contributed by atoms with E-state index in [4.69, 9.17) is 4.74 Å². The lowest BCUT2D eigenvalue weighted by molar-refractivity contribution is 0.0978. The van der Waals surface area contributed by atoms with Crippen molar-refractivity contribution in [3.63, 3.8) is 0 Å². The number of carbonyl (C=O) groups is 1. The van der Waals surface area contributed by atoms with Crippen molar-refractivity contribution in [3.05, 3.63) is 59.9 Å². The fraction of sp³-hybridized carbons (Fsp3) is 0.435. The van der Waals surface area contributed by atoms with Gasteiger partial charge in [0, 0.05) is 12.0 Å². The van der Waals surface area contributed by atoms with E-state index < -0.39 is 0 Å². The molecule has 0 unspecified atom stereocenters. The summed E-state index contributed by atoms with van der Waals surface area (Å²) in [6, 6.07) is 13.1. The molecule has 0 bridgehead atoms. The zero-order valence-corrected chi connectivity index (χ0v) is 17.1. The Morgan fingerprint density at radius 2 is 1.46 bits per heavy atom. The minimum atomic E-state index is -0.292. The molecule has 5 heteroatoms. The Labute approximate surface area is 173 Å². The molecule has 28 heavy (non-hydrogen) atoms. The summed E-state index contributed by atoms with van der Waals surface area (Å²) in [6.45, 7) is 3.65. The van der Waals surface area contributed by atoms with Crippen LogP contribution in [0.5, 0.6) is 11.5 Å². The Kier molecular flexibility index (Phi) is 9.45. The van der Waals surface area contributed by atoms with Gasteiger partial charge >= 0.3 is 0 Å². The van der Waals surface area contributed by atoms with Crippen LogP contribution in [-0.2, 0) is 0 Å². The summed E-state index contributed by atoms with van der Waals surface area (Å²) in [6.07, 6.45) is 7.86. The van der Waals surface area contributed by atoms with E-state index in [1.54, 1.807) is 36.4 Å². The maximum Gasteiger partial charge on any atom is 0.162 e. The zero-order valence-electron chi connectivity index (χ0n) is 16.2. The highest BCUT2D eigenvalue weighted by molar-refractivity contribution is 5.96. The summed E-state index contributed by atoms with van der Waals surface area (Å²) >= 11 is 0. The molecule has 0 N–H and O–H groups in total. The third-order valence-corrected chi connectivity index (χ3v) is 5.05. The average Bonchev–Trinajstić information content (AvgIpc) is 2.71. The van der Waals surface area contributed by atoms with E-state index in [2.05, 4.69) is 4.90 Å². The van der Waals surface area contributed by atoms with Gasteiger partial charge in [0.25, 0.3) is 0 Å². The Hall–Kier alpha value is -1.91. The van der Waals surface area contributed by atoms with Gasteiger partial charge in [-0.05, 0) is 93.8 Å². The molecule has 2 aromatic carbocycles. The number of likely N-dealkylation sites (tertiary alicyclic amines) is 1. The number of benzene rings is 2. The largest absolute Gasteiger partial charge is 0.457 e. The lowest BCUT2D eigenvalue weighted by Crippen LogP contribution is -2.30. The monoisotopic (exact) mass is 405 g/mol. The highest BCUT2D eigenvalue weighted by Gasteiger charge is 2.10. The van der Waals surface area contributed by atoms with Crippen molar-refractivity contribution in [1.29, 1.82) is 0 Å². The van der Waals surface area contributed by atoms with Crippen molar-refractivity contribution in [3.8, 4) is 11.5 Å². The van der Waals surface area contributed by atoms with Crippen LogP contribution >= 0.6 is 12.4 Å². The standard InChI is InChI=1S/C23H28FNO2.ClH/c24-20-10-14-22(15-11-20)27-21-12-8-19(9-13-21)23(26)7-3-1-4-16-25-17-5-2-6-18-25;/h8-15H,1-7,16-18H2;1H. The van der Waals surface area contributed by atoms with Crippen molar-refractivity contribution in [2.24, 2.45) is 0 Å². The first-order chi connectivity index (χ1) is 13.2. The SMILES string of the molecule is Cl.O=C(CCCCCN1CCCCC1)c1ccc(Oc2ccc(F)cc2)cc1. The van der Waals surface area contributed by atoms with Gasteiger partial charge in [-0.3, -0.25) is 4.79 Å². The smallest absolute Gasteiger partial charge is 0.162 e. The Bertz CT molecular complexity index is 712. The van der Waals surface area contributed by atoms with Crippen molar-refractivity contribution < 1.29 is 13.9 Å². The minimum absolute atomic E-state index is 0. The third-order valence-electron chi connectivity index (χ3n) is 5.05. The summed E-state index contributed by atoms with van der Waals surface area (Å²) < 4.78 is 18.6. The van der Waals surface area contributed by atoms with Crippen LogP contribution in [0.4, 0.5) is 4.39 Å². The Morgan fingerprint density at radius 1 is 0.857 bits per heavy atom. The molecule has 0 radical (unpaired) electrons. The van der Waals surface area contributed by atoms with E-state index in [1.807, 2.05) is 0 Å². The number of Topliss-reactive ketones (excluding diaryl/α,β-unsaturated/α-hetero) is 1. The number of nitrogens with zero attached hydrogens (tertiary/aromatic N) is 1. The normalized spacial score (nSPS) is 14.3. The van der Waals surface area contributed by atoms with Crippen LogP contribution in [0, 0.1) is 5.82 Å². The first-order valence-corrected chi connectivity index (χ1v) is 10.00. The van der Waals surface area contributed by atoms with Crippen molar-refractivity contribution in [2.45, 2.75) is 44.9 Å². The molecule has 0 spiro atoms. The second-order valence-electron chi connectivity index (χ2n) is 7.22. The van der Waals surface area contributed by atoms with E-state index in [1.165, 1.54) is 57.5 Å². The van der Waals surface area contributed by atoms with Crippen molar-refractivity contribution in [2.75, 3.05) is 19.6 Å². The molecule has 0 atom stereocenters. The number of hydrogen-bond acceptors (Lipinski definition) is 3. The fourth-order valence-corrected chi connectivity index (χ4v) is 3.47. The molecule has 3 rings (SSSR count). The predicted octanol–water partition coefficient (Wildman–Crippen LogP) is 6.27. The van der Waals surface area contributed by atoms with Crippen LogP contribution in [0.25, 0.3) is 0 Å². The topological polar surface area (TPSA) is 29.5 Å². The van der Waals surface area contributed by atoms with E-state index >= 15 is 0 Å². The predicted molar refractivity (Wildman–Crippen MR) is 113 cm³/mol. The molecule has 1 saturated heterocycles. The van der Waals surface area contributed by atoms with Gasteiger partial charge in [0.05, 0.1) is 0 Å². The molecule has 1 aliphatic rings. The van der Waals surface area contributed by atoms with Crippen LogP contribution in [0.15, 0.2) is 48.5 Å². The summed E-state index contributed by atoms with van der Waals surface area (Å²) in [5, 5.41) is 0. The molecule has 1 heterocycles. The molecular weight excluding hydrogens is 377 g/mol. The molecule has 1 aliphatic heterocycles. The molecule has 3 nitrogen and oxygen atoms in total. The molecule has 0 aliphatic carbocycles. The summed E-state index contributed by atoms with van der Waals surface area (Å²) in [4.78, 5) is 14.9. The van der Waals surface area contributed by atoms with Crippen molar-refractivity contribution >= 4 is 18.2 Å². The molecule has 2 aromatic rings. The van der Waals surface area contributed by atoms with E-state index in [0.29, 0.717) is 17.9 Å². The lowest BCUT2D eigenvalue weighted by atomic mass is 10.0. The quantitative estimate of drug-likeness (QED) is 0.363.